The first-order chi connectivity index (χ1) is 9.06. The van der Waals surface area contributed by atoms with E-state index in [1.807, 2.05) is 25.1 Å². The van der Waals surface area contributed by atoms with Crippen molar-refractivity contribution in [2.24, 2.45) is 0 Å². The molecule has 0 heterocycles. The van der Waals surface area contributed by atoms with Crippen LogP contribution in [0, 0.1) is 6.92 Å². The minimum Gasteiger partial charge on any atom is -0.381 e. The van der Waals surface area contributed by atoms with Gasteiger partial charge >= 0.3 is 0 Å². The molecule has 0 unspecified atom stereocenters. The zero-order valence-corrected chi connectivity index (χ0v) is 11.2. The Morgan fingerprint density at radius 3 is 2.42 bits per heavy atom. The van der Waals surface area contributed by atoms with Gasteiger partial charge in [0, 0.05) is 22.8 Å². The van der Waals surface area contributed by atoms with Crippen LogP contribution in [0.4, 0.5) is 14.5 Å². The highest BCUT2D eigenvalue weighted by molar-refractivity contribution is 6.30. The number of halogens is 3. The van der Waals surface area contributed by atoms with E-state index in [1.54, 1.807) is 12.1 Å². The summed E-state index contributed by atoms with van der Waals surface area (Å²) in [5, 5.41) is 3.91. The molecular formula is C15H14ClF2N. The van der Waals surface area contributed by atoms with Gasteiger partial charge in [0.05, 0.1) is 0 Å². The first-order valence-corrected chi connectivity index (χ1v) is 6.31. The molecule has 1 N–H and O–H groups in total. The second kappa shape index (κ2) is 6.02. The lowest BCUT2D eigenvalue weighted by Crippen LogP contribution is -2.01. The van der Waals surface area contributed by atoms with E-state index in [-0.39, 0.29) is 5.56 Å². The molecular weight excluding hydrogens is 268 g/mol. The Hall–Kier alpha value is -1.61. The Kier molecular flexibility index (Phi) is 4.38. The number of anilines is 1. The molecule has 0 bridgehead atoms. The maximum atomic E-state index is 12.4. The van der Waals surface area contributed by atoms with Gasteiger partial charge in [0.25, 0.3) is 6.43 Å². The molecule has 4 heteroatoms. The summed E-state index contributed by atoms with van der Waals surface area (Å²) < 4.78 is 24.8. The Labute approximate surface area is 116 Å². The summed E-state index contributed by atoms with van der Waals surface area (Å²) in [6.45, 7) is 2.56. The number of alkyl halides is 2. The second-order valence-corrected chi connectivity index (χ2v) is 4.79. The quantitative estimate of drug-likeness (QED) is 0.812. The topological polar surface area (TPSA) is 12.0 Å². The summed E-state index contributed by atoms with van der Waals surface area (Å²) in [5.74, 6) is 0. The highest BCUT2D eigenvalue weighted by Gasteiger charge is 2.06. The monoisotopic (exact) mass is 281 g/mol. The maximum Gasteiger partial charge on any atom is 0.263 e. The third-order valence-corrected chi connectivity index (χ3v) is 3.15. The number of benzene rings is 2. The van der Waals surface area contributed by atoms with Gasteiger partial charge < -0.3 is 5.32 Å². The highest BCUT2D eigenvalue weighted by Crippen LogP contribution is 2.22. The highest BCUT2D eigenvalue weighted by atomic mass is 35.5. The lowest BCUT2D eigenvalue weighted by Gasteiger charge is -2.10. The van der Waals surface area contributed by atoms with E-state index in [9.17, 15) is 8.78 Å². The second-order valence-electron chi connectivity index (χ2n) is 4.36. The molecule has 0 fully saturated rings. The molecule has 0 radical (unpaired) electrons. The van der Waals surface area contributed by atoms with E-state index in [0.29, 0.717) is 11.6 Å². The molecule has 0 aliphatic heterocycles. The molecule has 100 valence electrons. The van der Waals surface area contributed by atoms with E-state index in [2.05, 4.69) is 5.32 Å². The number of nitrogens with one attached hydrogen (secondary N) is 1. The van der Waals surface area contributed by atoms with Crippen LogP contribution >= 0.6 is 11.6 Å². The first kappa shape index (κ1) is 13.8. The molecule has 2 rings (SSSR count). The third-order valence-electron chi connectivity index (χ3n) is 2.91. The Bertz CT molecular complexity index is 553. The van der Waals surface area contributed by atoms with Crippen molar-refractivity contribution in [1.82, 2.24) is 0 Å². The maximum absolute atomic E-state index is 12.4. The minimum absolute atomic E-state index is 0.0442. The molecule has 0 amide bonds. The molecule has 0 saturated heterocycles. The zero-order valence-electron chi connectivity index (χ0n) is 10.5. The molecule has 0 aromatic heterocycles. The van der Waals surface area contributed by atoms with Gasteiger partial charge in [0.2, 0.25) is 0 Å². The standard InChI is InChI=1S/C15H14ClF2N/c1-10-2-7-13(16)8-14(10)19-9-11-3-5-12(6-4-11)15(17)18/h2-8,15,19H,9H2,1H3. The summed E-state index contributed by atoms with van der Waals surface area (Å²) in [6.07, 6.45) is -2.42. The van der Waals surface area contributed by atoms with Crippen LogP contribution in [0.1, 0.15) is 23.1 Å². The van der Waals surface area contributed by atoms with Crippen molar-refractivity contribution in [2.45, 2.75) is 19.9 Å². The van der Waals surface area contributed by atoms with E-state index in [0.717, 1.165) is 16.8 Å². The Balaban J connectivity index is 2.04. The van der Waals surface area contributed by atoms with Crippen molar-refractivity contribution in [2.75, 3.05) is 5.32 Å². The normalized spacial score (nSPS) is 10.8. The fourth-order valence-corrected chi connectivity index (χ4v) is 1.94. The zero-order chi connectivity index (χ0) is 13.8. The smallest absolute Gasteiger partial charge is 0.263 e. The van der Waals surface area contributed by atoms with Crippen molar-refractivity contribution < 1.29 is 8.78 Å². The fourth-order valence-electron chi connectivity index (χ4n) is 1.76. The average molecular weight is 282 g/mol. The lowest BCUT2D eigenvalue weighted by atomic mass is 10.1. The summed E-state index contributed by atoms with van der Waals surface area (Å²) in [6, 6.07) is 11.9. The van der Waals surface area contributed by atoms with Crippen molar-refractivity contribution in [3.63, 3.8) is 0 Å². The fraction of sp³-hybridized carbons (Fsp3) is 0.200. The summed E-state index contributed by atoms with van der Waals surface area (Å²) in [5.41, 5.74) is 3.03. The van der Waals surface area contributed by atoms with E-state index in [1.165, 1.54) is 12.1 Å². The van der Waals surface area contributed by atoms with Crippen molar-refractivity contribution in [1.29, 1.82) is 0 Å². The lowest BCUT2D eigenvalue weighted by molar-refractivity contribution is 0.151. The Morgan fingerprint density at radius 1 is 1.11 bits per heavy atom. The third kappa shape index (κ3) is 3.67. The van der Waals surface area contributed by atoms with Crippen LogP contribution in [0.2, 0.25) is 5.02 Å². The number of hydrogen-bond acceptors (Lipinski definition) is 1. The van der Waals surface area contributed by atoms with E-state index in [4.69, 9.17) is 11.6 Å². The van der Waals surface area contributed by atoms with Crippen molar-refractivity contribution in [3.8, 4) is 0 Å². The molecule has 0 atom stereocenters. The van der Waals surface area contributed by atoms with Crippen LogP contribution in [0.3, 0.4) is 0 Å². The minimum atomic E-state index is -2.42. The van der Waals surface area contributed by atoms with Crippen LogP contribution in [-0.4, -0.2) is 0 Å². The summed E-state index contributed by atoms with van der Waals surface area (Å²) in [4.78, 5) is 0. The molecule has 0 saturated carbocycles. The van der Waals surface area contributed by atoms with Crippen LogP contribution in [0.25, 0.3) is 0 Å². The van der Waals surface area contributed by atoms with Gasteiger partial charge in [-0.1, -0.05) is 41.9 Å². The first-order valence-electron chi connectivity index (χ1n) is 5.93. The number of aryl methyl sites for hydroxylation is 1. The molecule has 2 aromatic carbocycles. The molecule has 0 aliphatic carbocycles. The summed E-state index contributed by atoms with van der Waals surface area (Å²) in [7, 11) is 0. The van der Waals surface area contributed by atoms with Crippen LogP contribution < -0.4 is 5.32 Å². The molecule has 19 heavy (non-hydrogen) atoms. The molecule has 0 aliphatic rings. The van der Waals surface area contributed by atoms with Crippen LogP contribution in [-0.2, 0) is 6.54 Å². The summed E-state index contributed by atoms with van der Waals surface area (Å²) >= 11 is 5.93. The molecule has 1 nitrogen and oxygen atoms in total. The predicted molar refractivity (Wildman–Crippen MR) is 74.9 cm³/mol. The van der Waals surface area contributed by atoms with Gasteiger partial charge in [-0.15, -0.1) is 0 Å². The SMILES string of the molecule is Cc1ccc(Cl)cc1NCc1ccc(C(F)F)cc1. The van der Waals surface area contributed by atoms with Crippen molar-refractivity contribution in [3.05, 3.63) is 64.2 Å². The molecule has 0 spiro atoms. The Morgan fingerprint density at radius 2 is 1.79 bits per heavy atom. The van der Waals surface area contributed by atoms with Gasteiger partial charge in [0.15, 0.2) is 0 Å². The number of rotatable bonds is 4. The van der Waals surface area contributed by atoms with Gasteiger partial charge in [-0.05, 0) is 30.2 Å². The van der Waals surface area contributed by atoms with E-state index >= 15 is 0 Å². The van der Waals surface area contributed by atoms with Crippen LogP contribution in [0.15, 0.2) is 42.5 Å². The van der Waals surface area contributed by atoms with Crippen LogP contribution in [0.5, 0.6) is 0 Å². The predicted octanol–water partition coefficient (Wildman–Crippen LogP) is 5.20. The number of hydrogen-bond donors (Lipinski definition) is 1. The van der Waals surface area contributed by atoms with Gasteiger partial charge in [-0.25, -0.2) is 8.78 Å². The molecule has 2 aromatic rings. The van der Waals surface area contributed by atoms with Gasteiger partial charge in [-0.3, -0.25) is 0 Å². The average Bonchev–Trinajstić information content (AvgIpc) is 2.40. The van der Waals surface area contributed by atoms with Gasteiger partial charge in [0.1, 0.15) is 0 Å². The largest absolute Gasteiger partial charge is 0.381 e. The van der Waals surface area contributed by atoms with Crippen molar-refractivity contribution >= 4 is 17.3 Å². The van der Waals surface area contributed by atoms with Gasteiger partial charge in [-0.2, -0.15) is 0 Å². The van der Waals surface area contributed by atoms with E-state index < -0.39 is 6.43 Å².